The molecule has 1 N–H and O–H groups in total. The first-order valence-electron chi connectivity index (χ1n) is 6.18. The Balaban J connectivity index is 2.51. The van der Waals surface area contributed by atoms with Crippen LogP contribution >= 0.6 is 0 Å². The molecule has 0 saturated heterocycles. The number of aromatic amines is 1. The van der Waals surface area contributed by atoms with E-state index in [-0.39, 0.29) is 5.91 Å². The van der Waals surface area contributed by atoms with E-state index in [4.69, 9.17) is 0 Å². The molecule has 0 aromatic heterocycles. The Labute approximate surface area is 111 Å². The monoisotopic (exact) mass is 250 g/mol. The van der Waals surface area contributed by atoms with Crippen LogP contribution in [0.2, 0.25) is 0 Å². The van der Waals surface area contributed by atoms with Crippen LogP contribution in [0.1, 0.15) is 11.7 Å². The molecule has 3 rings (SSSR count). The topological polar surface area (TPSA) is 37.8 Å². The number of pyridine rings is 1. The molecule has 0 unspecified atom stereocenters. The van der Waals surface area contributed by atoms with E-state index in [0.29, 0.717) is 0 Å². The quantitative estimate of drug-likeness (QED) is 0.646. The molecule has 0 radical (unpaired) electrons. The lowest BCUT2D eigenvalue weighted by Gasteiger charge is -2.09. The molecule has 0 aliphatic carbocycles. The number of H-pyrrole nitrogens is 1. The second-order valence-electron chi connectivity index (χ2n) is 4.45. The van der Waals surface area contributed by atoms with E-state index in [2.05, 4.69) is 11.1 Å². The van der Waals surface area contributed by atoms with E-state index in [1.807, 2.05) is 54.9 Å². The number of para-hydroxylation sites is 1. The molecule has 0 fully saturated rings. The molecule has 3 heteroatoms. The van der Waals surface area contributed by atoms with E-state index in [0.717, 1.165) is 22.2 Å². The number of nitrogens with zero attached hydrogens (tertiary/aromatic N) is 1. The van der Waals surface area contributed by atoms with Crippen molar-refractivity contribution >= 4 is 16.8 Å². The largest absolute Gasteiger partial charge is 0.360 e. The number of carbonyl (C=O) groups is 1. The van der Waals surface area contributed by atoms with E-state index in [9.17, 15) is 4.79 Å². The van der Waals surface area contributed by atoms with E-state index in [1.54, 1.807) is 11.5 Å². The Kier molecular flexibility index (Phi) is 2.80. The zero-order chi connectivity index (χ0) is 13.2. The summed E-state index contributed by atoms with van der Waals surface area (Å²) in [6.45, 7) is 1.57. The number of hydrogen-bond donors (Lipinski definition) is 1. The van der Waals surface area contributed by atoms with Gasteiger partial charge in [-0.25, -0.2) is 0 Å². The SMILES string of the molecule is CC(=O)n1cc2[nH]cccc-2ccc2ccccc21. The van der Waals surface area contributed by atoms with Gasteiger partial charge in [0.2, 0.25) is 5.91 Å². The number of hydrogen-bond acceptors (Lipinski definition) is 1. The summed E-state index contributed by atoms with van der Waals surface area (Å²) >= 11 is 0. The highest BCUT2D eigenvalue weighted by Gasteiger charge is 2.04. The smallest absolute Gasteiger partial charge is 0.228 e. The lowest BCUT2D eigenvalue weighted by molar-refractivity contribution is 0.0941. The number of benzene rings is 1. The fourth-order valence-corrected chi connectivity index (χ4v) is 2.21. The molecule has 2 aliphatic rings. The summed E-state index contributed by atoms with van der Waals surface area (Å²) in [4.78, 5) is 15.1. The van der Waals surface area contributed by atoms with Gasteiger partial charge < -0.3 is 4.98 Å². The summed E-state index contributed by atoms with van der Waals surface area (Å²) in [5.74, 6) is -0.00838. The van der Waals surface area contributed by atoms with Gasteiger partial charge in [0.05, 0.1) is 11.2 Å². The molecule has 3 nitrogen and oxygen atoms in total. The van der Waals surface area contributed by atoms with Gasteiger partial charge >= 0.3 is 0 Å². The first-order chi connectivity index (χ1) is 9.25. The molecule has 2 heterocycles. The molecular formula is C16H14N2O. The summed E-state index contributed by atoms with van der Waals surface area (Å²) in [6, 6.07) is 15.9. The van der Waals surface area contributed by atoms with E-state index in [1.165, 1.54) is 0 Å². The maximum Gasteiger partial charge on any atom is 0.228 e. The summed E-state index contributed by atoms with van der Waals surface area (Å²) in [5, 5.41) is 1.03. The molecule has 94 valence electrons. The van der Waals surface area contributed by atoms with Crippen molar-refractivity contribution in [3.8, 4) is 11.3 Å². The molecule has 2 aliphatic heterocycles. The van der Waals surface area contributed by atoms with Crippen LogP contribution in [0.3, 0.4) is 0 Å². The molecule has 1 aromatic carbocycles. The molecule has 0 amide bonds. The van der Waals surface area contributed by atoms with Crippen molar-refractivity contribution in [2.24, 2.45) is 0 Å². The second-order valence-corrected chi connectivity index (χ2v) is 4.45. The minimum Gasteiger partial charge on any atom is -0.360 e. The molecular weight excluding hydrogens is 236 g/mol. The van der Waals surface area contributed by atoms with Gasteiger partial charge in [-0.15, -0.1) is 0 Å². The molecule has 0 atom stereocenters. The lowest BCUT2D eigenvalue weighted by atomic mass is 10.1. The minimum atomic E-state index is -0.00838. The average Bonchev–Trinajstić information content (AvgIpc) is 2.41. The molecule has 0 bridgehead atoms. The fraction of sp³-hybridized carbons (Fsp3) is 0.0625. The Morgan fingerprint density at radius 1 is 1.05 bits per heavy atom. The Bertz CT molecular complexity index is 765. The third-order valence-electron chi connectivity index (χ3n) is 3.16. The van der Waals surface area contributed by atoms with Gasteiger partial charge in [0.15, 0.2) is 0 Å². The maximum atomic E-state index is 11.9. The summed E-state index contributed by atoms with van der Waals surface area (Å²) in [5.41, 5.74) is 2.88. The number of fused-ring (bicyclic) bond motifs is 2. The van der Waals surface area contributed by atoms with Crippen LogP contribution in [-0.4, -0.2) is 15.5 Å². The molecule has 0 saturated carbocycles. The van der Waals surface area contributed by atoms with Crippen LogP contribution < -0.4 is 0 Å². The summed E-state index contributed by atoms with van der Waals surface area (Å²) in [7, 11) is 0. The van der Waals surface area contributed by atoms with Gasteiger partial charge in [-0.05, 0) is 23.1 Å². The van der Waals surface area contributed by atoms with Crippen molar-refractivity contribution in [1.29, 1.82) is 0 Å². The van der Waals surface area contributed by atoms with Crippen molar-refractivity contribution in [2.45, 2.75) is 6.92 Å². The van der Waals surface area contributed by atoms with Crippen molar-refractivity contribution in [3.05, 3.63) is 60.9 Å². The number of nitrogens with one attached hydrogen (secondary N) is 1. The van der Waals surface area contributed by atoms with E-state index < -0.39 is 0 Å². The first kappa shape index (κ1) is 11.5. The van der Waals surface area contributed by atoms with Crippen LogP contribution in [0, 0.1) is 0 Å². The molecule has 0 spiro atoms. The van der Waals surface area contributed by atoms with Gasteiger partial charge in [-0.1, -0.05) is 36.4 Å². The van der Waals surface area contributed by atoms with Gasteiger partial charge in [0, 0.05) is 19.3 Å². The highest BCUT2D eigenvalue weighted by Crippen LogP contribution is 2.20. The van der Waals surface area contributed by atoms with Crippen LogP contribution in [0.15, 0.2) is 60.9 Å². The van der Waals surface area contributed by atoms with E-state index >= 15 is 0 Å². The van der Waals surface area contributed by atoms with Crippen LogP contribution in [0.25, 0.3) is 22.2 Å². The maximum absolute atomic E-state index is 11.9. The summed E-state index contributed by atoms with van der Waals surface area (Å²) < 4.78 is 1.67. The molecule has 1 aromatic rings. The average molecular weight is 250 g/mol. The first-order valence-corrected chi connectivity index (χ1v) is 6.18. The van der Waals surface area contributed by atoms with Crippen LogP contribution in [-0.2, 0) is 0 Å². The lowest BCUT2D eigenvalue weighted by Crippen LogP contribution is -2.06. The minimum absolute atomic E-state index is 0.00838. The third-order valence-corrected chi connectivity index (χ3v) is 3.16. The van der Waals surface area contributed by atoms with Crippen LogP contribution in [0.4, 0.5) is 0 Å². The predicted octanol–water partition coefficient (Wildman–Crippen LogP) is 3.86. The second kappa shape index (κ2) is 4.61. The van der Waals surface area contributed by atoms with Gasteiger partial charge in [-0.3, -0.25) is 9.36 Å². The highest BCUT2D eigenvalue weighted by atomic mass is 16.1. The van der Waals surface area contributed by atoms with Crippen molar-refractivity contribution in [1.82, 2.24) is 9.55 Å². The van der Waals surface area contributed by atoms with Crippen molar-refractivity contribution in [3.63, 3.8) is 0 Å². The fourth-order valence-electron chi connectivity index (χ4n) is 2.21. The van der Waals surface area contributed by atoms with Gasteiger partial charge in [-0.2, -0.15) is 0 Å². The standard InChI is InChI=1S/C16H14N2O/c1-12(19)18-11-15-13(6-4-10-17-15)8-9-14-5-2-3-7-16(14)18/h2-11,17H,1H3. The Morgan fingerprint density at radius 3 is 2.74 bits per heavy atom. The highest BCUT2D eigenvalue weighted by molar-refractivity contribution is 5.90. The van der Waals surface area contributed by atoms with Gasteiger partial charge in [0.25, 0.3) is 0 Å². The number of rotatable bonds is 0. The summed E-state index contributed by atoms with van der Waals surface area (Å²) in [6.07, 6.45) is 3.70. The zero-order valence-electron chi connectivity index (χ0n) is 10.6. The normalized spacial score (nSPS) is 10.6. The Hall–Kier alpha value is -2.55. The van der Waals surface area contributed by atoms with Crippen LogP contribution in [0.5, 0.6) is 0 Å². The van der Waals surface area contributed by atoms with Crippen molar-refractivity contribution < 1.29 is 4.79 Å². The number of carbonyl (C=O) groups excluding carboxylic acids is 1. The Morgan fingerprint density at radius 2 is 1.89 bits per heavy atom. The predicted molar refractivity (Wildman–Crippen MR) is 76.8 cm³/mol. The molecule has 19 heavy (non-hydrogen) atoms. The third kappa shape index (κ3) is 2.10. The number of aromatic nitrogens is 2. The van der Waals surface area contributed by atoms with Crippen molar-refractivity contribution in [2.75, 3.05) is 0 Å². The zero-order valence-corrected chi connectivity index (χ0v) is 10.6. The van der Waals surface area contributed by atoms with Gasteiger partial charge in [0.1, 0.15) is 0 Å².